The van der Waals surface area contributed by atoms with Crippen molar-refractivity contribution in [3.63, 3.8) is 0 Å². The van der Waals surface area contributed by atoms with Crippen LogP contribution in [0.1, 0.15) is 51.4 Å². The normalized spacial score (nSPS) is 29.8. The Kier molecular flexibility index (Phi) is 4.45. The van der Waals surface area contributed by atoms with Gasteiger partial charge in [0.05, 0.1) is 7.11 Å². The fourth-order valence-corrected chi connectivity index (χ4v) is 3.36. The van der Waals surface area contributed by atoms with Gasteiger partial charge in [0.1, 0.15) is 5.54 Å². The summed E-state index contributed by atoms with van der Waals surface area (Å²) in [5.74, 6) is -0.383. The quantitative estimate of drug-likeness (QED) is 0.751. The van der Waals surface area contributed by atoms with E-state index in [0.29, 0.717) is 12.8 Å². The summed E-state index contributed by atoms with van der Waals surface area (Å²) in [6, 6.07) is 0.113. The average molecular weight is 268 g/mol. The van der Waals surface area contributed by atoms with Gasteiger partial charge in [0, 0.05) is 12.0 Å². The van der Waals surface area contributed by atoms with E-state index in [4.69, 9.17) is 10.5 Å². The molecule has 0 saturated heterocycles. The van der Waals surface area contributed by atoms with Crippen molar-refractivity contribution in [2.24, 2.45) is 11.7 Å². The zero-order chi connectivity index (χ0) is 13.9. The molecule has 0 aromatic rings. The van der Waals surface area contributed by atoms with Crippen molar-refractivity contribution in [1.29, 1.82) is 0 Å². The number of methoxy groups -OCH3 is 1. The van der Waals surface area contributed by atoms with Crippen LogP contribution in [0.3, 0.4) is 0 Å². The predicted molar refractivity (Wildman–Crippen MR) is 71.3 cm³/mol. The molecule has 2 unspecified atom stereocenters. The molecule has 19 heavy (non-hydrogen) atoms. The molecule has 2 aliphatic carbocycles. The van der Waals surface area contributed by atoms with Gasteiger partial charge >= 0.3 is 5.97 Å². The smallest absolute Gasteiger partial charge is 0.331 e. The summed E-state index contributed by atoms with van der Waals surface area (Å²) in [5.41, 5.74) is 5.13. The minimum atomic E-state index is -0.784. The Balaban J connectivity index is 2.01. The zero-order valence-corrected chi connectivity index (χ0v) is 11.6. The molecule has 0 aromatic carbocycles. The number of nitrogens with one attached hydrogen (secondary N) is 1. The third-order valence-corrected chi connectivity index (χ3v) is 4.48. The molecule has 2 saturated carbocycles. The van der Waals surface area contributed by atoms with Gasteiger partial charge in [-0.25, -0.2) is 4.79 Å². The molecule has 1 amide bonds. The molecular formula is C14H24N2O3. The lowest BCUT2D eigenvalue weighted by molar-refractivity contribution is -0.151. The van der Waals surface area contributed by atoms with Gasteiger partial charge in [-0.2, -0.15) is 0 Å². The predicted octanol–water partition coefficient (Wildman–Crippen LogP) is 1.11. The molecule has 0 bridgehead atoms. The Labute approximate surface area is 114 Å². The van der Waals surface area contributed by atoms with Crippen LogP contribution in [0.4, 0.5) is 0 Å². The first-order valence-electron chi connectivity index (χ1n) is 7.23. The number of hydrogen-bond acceptors (Lipinski definition) is 4. The molecule has 2 rings (SSSR count). The Bertz CT molecular complexity index is 351. The maximum Gasteiger partial charge on any atom is 0.331 e. The lowest BCUT2D eigenvalue weighted by Gasteiger charge is -2.32. The minimum Gasteiger partial charge on any atom is -0.467 e. The molecule has 0 radical (unpaired) electrons. The fraction of sp³-hybridized carbons (Fsp3) is 0.857. The Morgan fingerprint density at radius 2 is 1.89 bits per heavy atom. The molecule has 0 spiro atoms. The summed E-state index contributed by atoms with van der Waals surface area (Å²) >= 11 is 0. The molecule has 2 aliphatic rings. The van der Waals surface area contributed by atoms with E-state index in [2.05, 4.69) is 5.32 Å². The first kappa shape index (κ1) is 14.3. The van der Waals surface area contributed by atoms with Crippen LogP contribution < -0.4 is 11.1 Å². The number of esters is 1. The molecule has 5 nitrogen and oxygen atoms in total. The van der Waals surface area contributed by atoms with Crippen molar-refractivity contribution >= 4 is 11.9 Å². The van der Waals surface area contributed by atoms with Gasteiger partial charge in [-0.15, -0.1) is 0 Å². The Morgan fingerprint density at radius 1 is 1.21 bits per heavy atom. The maximum absolute atomic E-state index is 12.4. The van der Waals surface area contributed by atoms with Crippen LogP contribution in [0.5, 0.6) is 0 Å². The number of amides is 1. The van der Waals surface area contributed by atoms with E-state index in [1.54, 1.807) is 0 Å². The molecule has 5 heteroatoms. The number of carbonyl (C=O) groups is 2. The van der Waals surface area contributed by atoms with Crippen molar-refractivity contribution in [3.05, 3.63) is 0 Å². The van der Waals surface area contributed by atoms with Crippen LogP contribution in [0.2, 0.25) is 0 Å². The van der Waals surface area contributed by atoms with E-state index in [1.165, 1.54) is 7.11 Å². The SMILES string of the molecule is COC(=O)C1(NC(=O)C2CCCC(N)C2)CCCC1. The van der Waals surface area contributed by atoms with Crippen LogP contribution in [-0.2, 0) is 14.3 Å². The summed E-state index contributed by atoms with van der Waals surface area (Å²) in [6.07, 6.45) is 6.86. The van der Waals surface area contributed by atoms with E-state index in [-0.39, 0.29) is 23.8 Å². The molecular weight excluding hydrogens is 244 g/mol. The lowest BCUT2D eigenvalue weighted by atomic mass is 9.84. The third-order valence-electron chi connectivity index (χ3n) is 4.48. The van der Waals surface area contributed by atoms with E-state index in [9.17, 15) is 9.59 Å². The van der Waals surface area contributed by atoms with E-state index in [1.807, 2.05) is 0 Å². The highest BCUT2D eigenvalue weighted by molar-refractivity contribution is 5.89. The largest absolute Gasteiger partial charge is 0.467 e. The van der Waals surface area contributed by atoms with Crippen LogP contribution in [0.25, 0.3) is 0 Å². The van der Waals surface area contributed by atoms with Gasteiger partial charge in [-0.1, -0.05) is 19.3 Å². The van der Waals surface area contributed by atoms with Crippen LogP contribution in [0.15, 0.2) is 0 Å². The fourth-order valence-electron chi connectivity index (χ4n) is 3.36. The molecule has 0 aliphatic heterocycles. The number of hydrogen-bond donors (Lipinski definition) is 2. The standard InChI is InChI=1S/C14H24N2O3/c1-19-13(18)14(7-2-3-8-14)16-12(17)10-5-4-6-11(15)9-10/h10-11H,2-9,15H2,1H3,(H,16,17). The first-order valence-corrected chi connectivity index (χ1v) is 7.23. The zero-order valence-electron chi connectivity index (χ0n) is 11.6. The second-order valence-electron chi connectivity index (χ2n) is 5.89. The molecule has 3 N–H and O–H groups in total. The highest BCUT2D eigenvalue weighted by Crippen LogP contribution is 2.32. The summed E-state index contributed by atoms with van der Waals surface area (Å²) in [5, 5.41) is 2.96. The summed E-state index contributed by atoms with van der Waals surface area (Å²) in [7, 11) is 1.38. The second-order valence-corrected chi connectivity index (χ2v) is 5.89. The summed E-state index contributed by atoms with van der Waals surface area (Å²) < 4.78 is 4.87. The molecule has 2 atom stereocenters. The number of nitrogens with two attached hydrogens (primary N) is 1. The van der Waals surface area contributed by atoms with Crippen molar-refractivity contribution in [3.8, 4) is 0 Å². The maximum atomic E-state index is 12.4. The van der Waals surface area contributed by atoms with Gasteiger partial charge in [-0.05, 0) is 32.1 Å². The van der Waals surface area contributed by atoms with Crippen molar-refractivity contribution < 1.29 is 14.3 Å². The van der Waals surface area contributed by atoms with Gasteiger partial charge < -0.3 is 15.8 Å². The Hall–Kier alpha value is -1.10. The van der Waals surface area contributed by atoms with Crippen LogP contribution in [-0.4, -0.2) is 30.6 Å². The van der Waals surface area contributed by atoms with Crippen LogP contribution in [0, 0.1) is 5.92 Å². The highest BCUT2D eigenvalue weighted by atomic mass is 16.5. The van der Waals surface area contributed by atoms with E-state index < -0.39 is 5.54 Å². The van der Waals surface area contributed by atoms with Gasteiger partial charge in [0.25, 0.3) is 0 Å². The number of carbonyl (C=O) groups excluding carboxylic acids is 2. The summed E-state index contributed by atoms with van der Waals surface area (Å²) in [6.45, 7) is 0. The first-order chi connectivity index (χ1) is 9.07. The van der Waals surface area contributed by atoms with E-state index >= 15 is 0 Å². The van der Waals surface area contributed by atoms with Crippen molar-refractivity contribution in [2.45, 2.75) is 62.9 Å². The lowest BCUT2D eigenvalue weighted by Crippen LogP contribution is -2.55. The van der Waals surface area contributed by atoms with Gasteiger partial charge in [-0.3, -0.25) is 4.79 Å². The Morgan fingerprint density at radius 3 is 2.47 bits per heavy atom. The van der Waals surface area contributed by atoms with Crippen LogP contribution >= 0.6 is 0 Å². The molecule has 0 heterocycles. The second kappa shape index (κ2) is 5.90. The van der Waals surface area contributed by atoms with Crippen molar-refractivity contribution in [1.82, 2.24) is 5.32 Å². The molecule has 108 valence electrons. The monoisotopic (exact) mass is 268 g/mol. The number of ether oxygens (including phenoxy) is 1. The number of rotatable bonds is 3. The summed E-state index contributed by atoms with van der Waals surface area (Å²) in [4.78, 5) is 24.3. The average Bonchev–Trinajstić information content (AvgIpc) is 2.87. The highest BCUT2D eigenvalue weighted by Gasteiger charge is 2.44. The van der Waals surface area contributed by atoms with E-state index in [0.717, 1.165) is 38.5 Å². The minimum absolute atomic E-state index is 0.0255. The van der Waals surface area contributed by atoms with Gasteiger partial charge in [0.2, 0.25) is 5.91 Å². The molecule has 0 aromatic heterocycles. The third kappa shape index (κ3) is 3.08. The topological polar surface area (TPSA) is 81.4 Å². The molecule has 2 fully saturated rings. The van der Waals surface area contributed by atoms with Crippen molar-refractivity contribution in [2.75, 3.05) is 7.11 Å². The van der Waals surface area contributed by atoms with Gasteiger partial charge in [0.15, 0.2) is 0 Å².